The number of nitrogens with one attached hydrogen (secondary N) is 1. The van der Waals surface area contributed by atoms with Crippen molar-refractivity contribution in [1.82, 2.24) is 0 Å². The van der Waals surface area contributed by atoms with E-state index in [1.165, 1.54) is 7.11 Å². The molecule has 1 aliphatic carbocycles. The number of amides is 1. The van der Waals surface area contributed by atoms with E-state index in [2.05, 4.69) is 21.2 Å². The molecule has 0 unspecified atom stereocenters. The van der Waals surface area contributed by atoms with E-state index in [0.29, 0.717) is 28.8 Å². The molecule has 1 amide bonds. The number of carboxylic acid groups (broad SMARTS) is 1. The smallest absolute Gasteiger partial charge is 0.319 e. The summed E-state index contributed by atoms with van der Waals surface area (Å²) >= 11 is 3.29. The number of hydrogen-bond acceptors (Lipinski definition) is 3. The Morgan fingerprint density at radius 1 is 1.44 bits per heavy atom. The normalized spacial score (nSPS) is 15.9. The fraction of sp³-hybridized carbons (Fsp3) is 0.333. The third-order valence-corrected chi connectivity index (χ3v) is 3.71. The van der Waals surface area contributed by atoms with Crippen LogP contribution in [0.2, 0.25) is 0 Å². The van der Waals surface area contributed by atoms with Crippen molar-refractivity contribution in [2.45, 2.75) is 12.8 Å². The van der Waals surface area contributed by atoms with Crippen molar-refractivity contribution in [3.63, 3.8) is 0 Å². The number of methoxy groups -OCH3 is 1. The number of ether oxygens (including phenoxy) is 1. The molecule has 18 heavy (non-hydrogen) atoms. The largest absolute Gasteiger partial charge is 0.497 e. The molecule has 1 aromatic carbocycles. The van der Waals surface area contributed by atoms with Gasteiger partial charge in [0.25, 0.3) is 0 Å². The Morgan fingerprint density at radius 3 is 2.61 bits per heavy atom. The van der Waals surface area contributed by atoms with Gasteiger partial charge in [-0.3, -0.25) is 9.59 Å². The summed E-state index contributed by atoms with van der Waals surface area (Å²) in [6, 6.07) is 5.11. The predicted octanol–water partition coefficient (Wildman–Crippen LogP) is 2.26. The fourth-order valence-corrected chi connectivity index (χ4v) is 1.98. The molecule has 0 radical (unpaired) electrons. The Balaban J connectivity index is 2.19. The van der Waals surface area contributed by atoms with Gasteiger partial charge in [-0.05, 0) is 40.9 Å². The molecular weight excluding hydrogens is 302 g/mol. The molecule has 0 bridgehead atoms. The van der Waals surface area contributed by atoms with Crippen molar-refractivity contribution in [2.24, 2.45) is 5.41 Å². The molecule has 0 spiro atoms. The van der Waals surface area contributed by atoms with Gasteiger partial charge < -0.3 is 15.2 Å². The van der Waals surface area contributed by atoms with Crippen LogP contribution in [0.4, 0.5) is 5.69 Å². The van der Waals surface area contributed by atoms with Gasteiger partial charge >= 0.3 is 5.97 Å². The lowest BCUT2D eigenvalue weighted by atomic mass is 10.1. The van der Waals surface area contributed by atoms with Crippen molar-refractivity contribution >= 4 is 33.5 Å². The molecule has 0 aliphatic heterocycles. The van der Waals surface area contributed by atoms with Crippen LogP contribution in [0, 0.1) is 5.41 Å². The molecular formula is C12H12BrNO4. The topological polar surface area (TPSA) is 75.6 Å². The van der Waals surface area contributed by atoms with Crippen LogP contribution in [-0.2, 0) is 9.59 Å². The molecule has 2 N–H and O–H groups in total. The summed E-state index contributed by atoms with van der Waals surface area (Å²) in [4.78, 5) is 23.0. The maximum absolute atomic E-state index is 11.9. The standard InChI is InChI=1S/C12H12BrNO4/c1-18-7-2-3-8(13)9(6-7)14-10(15)12(4-5-12)11(16)17/h2-3,6H,4-5H2,1H3,(H,14,15)(H,16,17). The number of benzene rings is 1. The van der Waals surface area contributed by atoms with Gasteiger partial charge in [0.05, 0.1) is 12.8 Å². The zero-order valence-electron chi connectivity index (χ0n) is 9.70. The number of rotatable bonds is 4. The lowest BCUT2D eigenvalue weighted by Crippen LogP contribution is -2.31. The molecule has 96 valence electrons. The summed E-state index contributed by atoms with van der Waals surface area (Å²) in [5.41, 5.74) is -0.741. The van der Waals surface area contributed by atoms with Crippen LogP contribution in [0.15, 0.2) is 22.7 Å². The SMILES string of the molecule is COc1ccc(Br)c(NC(=O)C2(C(=O)O)CC2)c1. The first-order valence-electron chi connectivity index (χ1n) is 5.38. The van der Waals surface area contributed by atoms with E-state index in [1.807, 2.05) is 0 Å². The average Bonchev–Trinajstić information content (AvgIpc) is 3.13. The number of aliphatic carboxylic acids is 1. The van der Waals surface area contributed by atoms with E-state index in [4.69, 9.17) is 9.84 Å². The summed E-state index contributed by atoms with van der Waals surface area (Å²) in [5, 5.41) is 11.6. The highest BCUT2D eigenvalue weighted by Crippen LogP contribution is 2.47. The second-order valence-corrected chi connectivity index (χ2v) is 5.04. The van der Waals surface area contributed by atoms with Crippen LogP contribution in [0.1, 0.15) is 12.8 Å². The molecule has 1 aliphatic rings. The minimum atomic E-state index is -1.25. The zero-order chi connectivity index (χ0) is 13.3. The van der Waals surface area contributed by atoms with Crippen molar-refractivity contribution in [3.8, 4) is 5.75 Å². The van der Waals surface area contributed by atoms with Gasteiger partial charge in [0, 0.05) is 10.5 Å². The lowest BCUT2D eigenvalue weighted by Gasteiger charge is -2.13. The van der Waals surface area contributed by atoms with Crippen LogP contribution >= 0.6 is 15.9 Å². The summed E-state index contributed by atoms with van der Waals surface area (Å²) in [7, 11) is 1.52. The highest BCUT2D eigenvalue weighted by atomic mass is 79.9. The lowest BCUT2D eigenvalue weighted by molar-refractivity contribution is -0.147. The maximum atomic E-state index is 11.9. The van der Waals surface area contributed by atoms with Gasteiger partial charge in [0.1, 0.15) is 11.2 Å². The molecule has 5 nitrogen and oxygen atoms in total. The Morgan fingerprint density at radius 2 is 2.11 bits per heavy atom. The Hall–Kier alpha value is -1.56. The predicted molar refractivity (Wildman–Crippen MR) is 68.6 cm³/mol. The average molecular weight is 314 g/mol. The first kappa shape index (κ1) is 12.9. The fourth-order valence-electron chi connectivity index (χ4n) is 1.63. The summed E-state index contributed by atoms with van der Waals surface area (Å²) in [5.74, 6) is -0.961. The van der Waals surface area contributed by atoms with E-state index in [9.17, 15) is 9.59 Å². The zero-order valence-corrected chi connectivity index (χ0v) is 11.3. The number of halogens is 1. The molecule has 0 aromatic heterocycles. The number of hydrogen-bond donors (Lipinski definition) is 2. The van der Waals surface area contributed by atoms with Crippen LogP contribution in [0.3, 0.4) is 0 Å². The summed E-state index contributed by atoms with van der Waals surface area (Å²) in [6.45, 7) is 0. The second-order valence-electron chi connectivity index (χ2n) is 4.19. The van der Waals surface area contributed by atoms with Crippen molar-refractivity contribution in [1.29, 1.82) is 0 Å². The minimum Gasteiger partial charge on any atom is -0.497 e. The molecule has 1 saturated carbocycles. The highest BCUT2D eigenvalue weighted by Gasteiger charge is 2.57. The van der Waals surface area contributed by atoms with E-state index in [0.717, 1.165) is 0 Å². The molecule has 1 fully saturated rings. The first-order chi connectivity index (χ1) is 8.49. The van der Waals surface area contributed by atoms with E-state index in [1.54, 1.807) is 18.2 Å². The quantitative estimate of drug-likeness (QED) is 0.836. The third kappa shape index (κ3) is 2.20. The minimum absolute atomic E-state index is 0.385. The molecule has 0 atom stereocenters. The number of carbonyl (C=O) groups excluding carboxylic acids is 1. The maximum Gasteiger partial charge on any atom is 0.319 e. The van der Waals surface area contributed by atoms with Crippen molar-refractivity contribution in [2.75, 3.05) is 12.4 Å². The van der Waals surface area contributed by atoms with Gasteiger partial charge in [0.15, 0.2) is 0 Å². The van der Waals surface area contributed by atoms with Crippen LogP contribution in [-0.4, -0.2) is 24.1 Å². The van der Waals surface area contributed by atoms with E-state index in [-0.39, 0.29) is 0 Å². The van der Waals surface area contributed by atoms with Gasteiger partial charge in [0.2, 0.25) is 5.91 Å². The van der Waals surface area contributed by atoms with Gasteiger partial charge in [-0.2, -0.15) is 0 Å². The van der Waals surface area contributed by atoms with Crippen LogP contribution < -0.4 is 10.1 Å². The number of anilines is 1. The number of carboxylic acids is 1. The van der Waals surface area contributed by atoms with Crippen LogP contribution in [0.5, 0.6) is 5.75 Å². The van der Waals surface area contributed by atoms with Gasteiger partial charge in [-0.1, -0.05) is 0 Å². The molecule has 2 rings (SSSR count). The number of carbonyl (C=O) groups is 2. The third-order valence-electron chi connectivity index (χ3n) is 3.02. The van der Waals surface area contributed by atoms with E-state index >= 15 is 0 Å². The summed E-state index contributed by atoms with van der Waals surface area (Å²) in [6.07, 6.45) is 0.769. The Kier molecular flexibility index (Phi) is 3.30. The monoisotopic (exact) mass is 313 g/mol. The Bertz CT molecular complexity index is 511. The first-order valence-corrected chi connectivity index (χ1v) is 6.17. The second kappa shape index (κ2) is 4.61. The van der Waals surface area contributed by atoms with Gasteiger partial charge in [-0.25, -0.2) is 0 Å². The van der Waals surface area contributed by atoms with Crippen LogP contribution in [0.25, 0.3) is 0 Å². The molecule has 0 heterocycles. The molecule has 0 saturated heterocycles. The van der Waals surface area contributed by atoms with Crippen molar-refractivity contribution in [3.05, 3.63) is 22.7 Å². The van der Waals surface area contributed by atoms with E-state index < -0.39 is 17.3 Å². The molecule has 1 aromatic rings. The molecule has 6 heteroatoms. The highest BCUT2D eigenvalue weighted by molar-refractivity contribution is 9.10. The van der Waals surface area contributed by atoms with Gasteiger partial charge in [-0.15, -0.1) is 0 Å². The summed E-state index contributed by atoms with van der Waals surface area (Å²) < 4.78 is 5.73. The van der Waals surface area contributed by atoms with Crippen molar-refractivity contribution < 1.29 is 19.4 Å². The Labute approximate surface area is 112 Å².